The third kappa shape index (κ3) is 4.39. The molecular weight excluding hydrogens is 422 g/mol. The van der Waals surface area contributed by atoms with Crippen LogP contribution in [0.5, 0.6) is 0 Å². The third-order valence-corrected chi connectivity index (χ3v) is 8.56. The van der Waals surface area contributed by atoms with Gasteiger partial charge in [-0.25, -0.2) is 8.42 Å². The minimum atomic E-state index is -3.61. The Morgan fingerprint density at radius 1 is 1.07 bits per heavy atom. The Morgan fingerprint density at radius 3 is 2.40 bits per heavy atom. The maximum atomic E-state index is 13.0. The second kappa shape index (κ2) is 9.05. The number of hydrogen-bond acceptors (Lipinski definition) is 6. The van der Waals surface area contributed by atoms with Crippen molar-refractivity contribution in [2.75, 3.05) is 51.3 Å². The molecule has 2 aromatic rings. The average Bonchev–Trinajstić information content (AvgIpc) is 3.47. The van der Waals surface area contributed by atoms with Crippen molar-refractivity contribution in [3.05, 3.63) is 46.2 Å². The van der Waals surface area contributed by atoms with E-state index in [1.54, 1.807) is 23.4 Å². The van der Waals surface area contributed by atoms with Gasteiger partial charge in [0.1, 0.15) is 9.77 Å². The highest BCUT2D eigenvalue weighted by Gasteiger charge is 2.32. The van der Waals surface area contributed by atoms with Crippen molar-refractivity contribution in [2.45, 2.75) is 24.3 Å². The largest absolute Gasteiger partial charge is 0.378 e. The zero-order valence-corrected chi connectivity index (χ0v) is 18.8. The summed E-state index contributed by atoms with van der Waals surface area (Å²) in [7, 11) is -1.90. The Labute approximate surface area is 181 Å². The van der Waals surface area contributed by atoms with Crippen LogP contribution in [0.2, 0.25) is 0 Å². The fourth-order valence-corrected chi connectivity index (χ4v) is 6.78. The summed E-state index contributed by atoms with van der Waals surface area (Å²) in [6, 6.07) is 9.72. The van der Waals surface area contributed by atoms with Crippen molar-refractivity contribution in [1.82, 2.24) is 9.21 Å². The smallest absolute Gasteiger partial charge is 0.265 e. The van der Waals surface area contributed by atoms with Crippen LogP contribution in [0.25, 0.3) is 0 Å². The number of thiophene rings is 1. The fraction of sp³-hybridized carbons (Fsp3) is 0.476. The van der Waals surface area contributed by atoms with E-state index in [2.05, 4.69) is 17.0 Å². The first-order valence-electron chi connectivity index (χ1n) is 10.2. The van der Waals surface area contributed by atoms with Gasteiger partial charge in [-0.3, -0.25) is 4.79 Å². The van der Waals surface area contributed by atoms with E-state index < -0.39 is 10.0 Å². The molecule has 0 saturated carbocycles. The van der Waals surface area contributed by atoms with E-state index in [1.165, 1.54) is 15.6 Å². The zero-order chi connectivity index (χ0) is 21.1. The molecule has 1 aromatic heterocycles. The molecular formula is C21H27N3O4S2. The van der Waals surface area contributed by atoms with Crippen LogP contribution in [0.4, 0.5) is 5.69 Å². The Kier molecular flexibility index (Phi) is 6.43. The first kappa shape index (κ1) is 21.3. The molecule has 2 aliphatic heterocycles. The second-order valence-electron chi connectivity index (χ2n) is 7.65. The summed E-state index contributed by atoms with van der Waals surface area (Å²) in [6.07, 6.45) is 1.74. The summed E-state index contributed by atoms with van der Waals surface area (Å²) >= 11 is 1.19. The first-order valence-corrected chi connectivity index (χ1v) is 12.5. The van der Waals surface area contributed by atoms with Crippen LogP contribution in [0.1, 0.15) is 28.1 Å². The minimum Gasteiger partial charge on any atom is -0.378 e. The van der Waals surface area contributed by atoms with Crippen LogP contribution in [-0.2, 0) is 21.3 Å². The predicted molar refractivity (Wildman–Crippen MR) is 118 cm³/mol. The van der Waals surface area contributed by atoms with Crippen LogP contribution in [0.3, 0.4) is 0 Å². The molecule has 0 N–H and O–H groups in total. The van der Waals surface area contributed by atoms with Gasteiger partial charge in [-0.15, -0.1) is 11.3 Å². The molecule has 2 fully saturated rings. The van der Waals surface area contributed by atoms with Gasteiger partial charge in [0.15, 0.2) is 0 Å². The van der Waals surface area contributed by atoms with Crippen LogP contribution >= 0.6 is 11.3 Å². The van der Waals surface area contributed by atoms with E-state index in [-0.39, 0.29) is 15.7 Å². The van der Waals surface area contributed by atoms with E-state index >= 15 is 0 Å². The lowest BCUT2D eigenvalue weighted by molar-refractivity contribution is 0.0786. The molecule has 1 amide bonds. The van der Waals surface area contributed by atoms with E-state index in [0.717, 1.165) is 50.4 Å². The Bertz CT molecular complexity index is 976. The van der Waals surface area contributed by atoms with E-state index in [0.29, 0.717) is 19.6 Å². The van der Waals surface area contributed by atoms with Crippen LogP contribution < -0.4 is 4.90 Å². The highest BCUT2D eigenvalue weighted by Crippen LogP contribution is 2.29. The second-order valence-corrected chi connectivity index (χ2v) is 10.5. The van der Waals surface area contributed by atoms with Crippen molar-refractivity contribution in [1.29, 1.82) is 0 Å². The van der Waals surface area contributed by atoms with Crippen molar-refractivity contribution in [3.8, 4) is 0 Å². The molecule has 0 aliphatic carbocycles. The van der Waals surface area contributed by atoms with Gasteiger partial charge >= 0.3 is 0 Å². The Balaban J connectivity index is 1.45. The molecule has 2 saturated heterocycles. The zero-order valence-electron chi connectivity index (χ0n) is 17.1. The molecule has 7 nitrogen and oxygen atoms in total. The Morgan fingerprint density at radius 2 is 1.73 bits per heavy atom. The van der Waals surface area contributed by atoms with Crippen molar-refractivity contribution >= 4 is 33.0 Å². The van der Waals surface area contributed by atoms with Crippen LogP contribution in [0.15, 0.2) is 40.6 Å². The number of carbonyl (C=O) groups is 1. The van der Waals surface area contributed by atoms with Crippen molar-refractivity contribution in [3.63, 3.8) is 0 Å². The normalized spacial score (nSPS) is 18.0. The molecule has 0 radical (unpaired) electrons. The van der Waals surface area contributed by atoms with Gasteiger partial charge in [0, 0.05) is 45.5 Å². The van der Waals surface area contributed by atoms with Gasteiger partial charge in [0.2, 0.25) is 10.0 Å². The molecule has 1 aromatic carbocycles. The molecule has 2 aliphatic rings. The van der Waals surface area contributed by atoms with Gasteiger partial charge in [0.05, 0.1) is 13.2 Å². The molecule has 9 heteroatoms. The summed E-state index contributed by atoms with van der Waals surface area (Å²) in [5, 5.41) is 1.68. The molecule has 3 heterocycles. The van der Waals surface area contributed by atoms with Crippen LogP contribution in [-0.4, -0.2) is 70.0 Å². The molecule has 0 bridgehead atoms. The lowest BCUT2D eigenvalue weighted by Crippen LogP contribution is -2.36. The topological polar surface area (TPSA) is 70.2 Å². The number of carbonyl (C=O) groups excluding carboxylic acids is 1. The SMILES string of the molecule is CN(Cc1ccc(N2CCOCC2)cc1)C(=O)c1sccc1S(=O)(=O)N1CCCC1. The van der Waals surface area contributed by atoms with Gasteiger partial charge < -0.3 is 14.5 Å². The summed E-state index contributed by atoms with van der Waals surface area (Å²) in [5.74, 6) is -0.264. The Hall–Kier alpha value is -1.94. The number of anilines is 1. The number of rotatable bonds is 6. The highest BCUT2D eigenvalue weighted by molar-refractivity contribution is 7.89. The van der Waals surface area contributed by atoms with Gasteiger partial charge in [-0.2, -0.15) is 4.31 Å². The summed E-state index contributed by atoms with van der Waals surface area (Å²) in [6.45, 7) is 4.71. The summed E-state index contributed by atoms with van der Waals surface area (Å²) in [5.41, 5.74) is 2.15. The molecule has 0 atom stereocenters. The molecule has 0 unspecified atom stereocenters. The van der Waals surface area contributed by atoms with E-state index in [1.807, 2.05) is 12.1 Å². The average molecular weight is 450 g/mol. The number of nitrogens with zero attached hydrogens (tertiary/aromatic N) is 3. The van der Waals surface area contributed by atoms with Crippen LogP contribution in [0, 0.1) is 0 Å². The third-order valence-electron chi connectivity index (χ3n) is 5.59. The number of benzene rings is 1. The number of sulfonamides is 1. The number of amides is 1. The summed E-state index contributed by atoms with van der Waals surface area (Å²) in [4.78, 5) is 17.3. The van der Waals surface area contributed by atoms with Gasteiger partial charge in [-0.1, -0.05) is 12.1 Å². The standard InChI is InChI=1S/C21H27N3O4S2/c1-22(16-17-4-6-18(7-5-17)23-11-13-28-14-12-23)21(25)20-19(8-15-29-20)30(26,27)24-9-2-3-10-24/h4-8,15H,2-3,9-14,16H2,1H3. The molecule has 0 spiro atoms. The summed E-state index contributed by atoms with van der Waals surface area (Å²) < 4.78 is 32.8. The maximum Gasteiger partial charge on any atom is 0.265 e. The molecule has 162 valence electrons. The fourth-order valence-electron chi connectivity index (χ4n) is 3.88. The van der Waals surface area contributed by atoms with Crippen molar-refractivity contribution in [2.24, 2.45) is 0 Å². The highest BCUT2D eigenvalue weighted by atomic mass is 32.2. The number of morpholine rings is 1. The number of hydrogen-bond donors (Lipinski definition) is 0. The number of ether oxygens (including phenoxy) is 1. The van der Waals surface area contributed by atoms with E-state index in [9.17, 15) is 13.2 Å². The quantitative estimate of drug-likeness (QED) is 0.678. The molecule has 30 heavy (non-hydrogen) atoms. The lowest BCUT2D eigenvalue weighted by Gasteiger charge is -2.29. The van der Waals surface area contributed by atoms with Gasteiger partial charge in [0.25, 0.3) is 5.91 Å². The minimum absolute atomic E-state index is 0.133. The maximum absolute atomic E-state index is 13.0. The van der Waals surface area contributed by atoms with Gasteiger partial charge in [-0.05, 0) is 42.0 Å². The molecule has 4 rings (SSSR count). The van der Waals surface area contributed by atoms with E-state index in [4.69, 9.17) is 4.74 Å². The lowest BCUT2D eigenvalue weighted by atomic mass is 10.1. The first-order chi connectivity index (χ1) is 14.5. The monoisotopic (exact) mass is 449 g/mol. The predicted octanol–water partition coefficient (Wildman–Crippen LogP) is 2.64. The van der Waals surface area contributed by atoms with Crippen molar-refractivity contribution < 1.29 is 17.9 Å².